The van der Waals surface area contributed by atoms with Gasteiger partial charge >= 0.3 is 12.0 Å². The van der Waals surface area contributed by atoms with Crippen LogP contribution >= 0.6 is 0 Å². The Labute approximate surface area is 127 Å². The zero-order valence-electron chi connectivity index (χ0n) is 13.5. The topological polar surface area (TPSA) is 70.1 Å². The van der Waals surface area contributed by atoms with E-state index in [1.165, 1.54) is 0 Å². The molecule has 6 heteroatoms. The minimum Gasteiger partial charge on any atom is -0.481 e. The van der Waals surface area contributed by atoms with Crippen molar-refractivity contribution in [1.29, 1.82) is 0 Å². The SMILES string of the molecule is CCC(CC)N(CCOC)C(=O)N1CC(C)C(C(=O)O)C1. The normalized spacial score (nSPS) is 21.9. The molecule has 122 valence electrons. The number of rotatable bonds is 7. The van der Waals surface area contributed by atoms with Gasteiger partial charge in [-0.2, -0.15) is 0 Å². The average molecular weight is 300 g/mol. The Morgan fingerprint density at radius 2 is 1.95 bits per heavy atom. The molecule has 6 nitrogen and oxygen atoms in total. The van der Waals surface area contributed by atoms with E-state index in [1.807, 2.05) is 11.8 Å². The van der Waals surface area contributed by atoms with E-state index in [-0.39, 0.29) is 18.0 Å². The predicted molar refractivity (Wildman–Crippen MR) is 80.2 cm³/mol. The van der Waals surface area contributed by atoms with Crippen molar-refractivity contribution in [3.05, 3.63) is 0 Å². The smallest absolute Gasteiger partial charge is 0.320 e. The highest BCUT2D eigenvalue weighted by molar-refractivity contribution is 5.78. The molecule has 2 atom stereocenters. The van der Waals surface area contributed by atoms with Gasteiger partial charge in [0.25, 0.3) is 0 Å². The molecule has 0 aromatic carbocycles. The van der Waals surface area contributed by atoms with Crippen LogP contribution in [0.25, 0.3) is 0 Å². The number of ether oxygens (including phenoxy) is 1. The summed E-state index contributed by atoms with van der Waals surface area (Å²) >= 11 is 0. The van der Waals surface area contributed by atoms with Crippen LogP contribution in [0, 0.1) is 11.8 Å². The lowest BCUT2D eigenvalue weighted by atomic mass is 9.99. The summed E-state index contributed by atoms with van der Waals surface area (Å²) in [7, 11) is 1.62. The fourth-order valence-corrected chi connectivity index (χ4v) is 2.98. The van der Waals surface area contributed by atoms with Gasteiger partial charge in [-0.1, -0.05) is 20.8 Å². The van der Waals surface area contributed by atoms with Gasteiger partial charge in [0.2, 0.25) is 0 Å². The van der Waals surface area contributed by atoms with Crippen LogP contribution in [0.15, 0.2) is 0 Å². The monoisotopic (exact) mass is 300 g/mol. The summed E-state index contributed by atoms with van der Waals surface area (Å²) in [6.45, 7) is 7.88. The lowest BCUT2D eigenvalue weighted by Crippen LogP contribution is -2.48. The number of carbonyl (C=O) groups excluding carboxylic acids is 1. The third-order valence-corrected chi connectivity index (χ3v) is 4.37. The number of urea groups is 1. The number of carbonyl (C=O) groups is 2. The van der Waals surface area contributed by atoms with Gasteiger partial charge in [0, 0.05) is 32.8 Å². The van der Waals surface area contributed by atoms with E-state index in [1.54, 1.807) is 12.0 Å². The molecule has 0 aliphatic carbocycles. The summed E-state index contributed by atoms with van der Waals surface area (Å²) in [6.07, 6.45) is 1.77. The number of hydrogen-bond donors (Lipinski definition) is 1. The minimum atomic E-state index is -0.816. The van der Waals surface area contributed by atoms with Crippen LogP contribution in [0.1, 0.15) is 33.6 Å². The molecule has 1 fully saturated rings. The van der Waals surface area contributed by atoms with Crippen LogP contribution in [0.2, 0.25) is 0 Å². The first-order valence-electron chi connectivity index (χ1n) is 7.73. The van der Waals surface area contributed by atoms with Crippen molar-refractivity contribution in [3.63, 3.8) is 0 Å². The molecule has 0 aromatic rings. The summed E-state index contributed by atoms with van der Waals surface area (Å²) in [6, 6.07) is 0.114. The Bertz CT molecular complexity index is 358. The fraction of sp³-hybridized carbons (Fsp3) is 0.867. The standard InChI is InChI=1S/C15H28N2O4/c1-5-12(6-2)17(7-8-21-4)15(20)16-9-11(3)13(10-16)14(18)19/h11-13H,5-10H2,1-4H3,(H,18,19). The Morgan fingerprint density at radius 1 is 1.33 bits per heavy atom. The third-order valence-electron chi connectivity index (χ3n) is 4.37. The largest absolute Gasteiger partial charge is 0.481 e. The lowest BCUT2D eigenvalue weighted by molar-refractivity contribution is -0.142. The van der Waals surface area contributed by atoms with Gasteiger partial charge in [0.15, 0.2) is 0 Å². The molecular formula is C15H28N2O4. The molecule has 2 amide bonds. The number of carboxylic acids is 1. The maximum Gasteiger partial charge on any atom is 0.320 e. The summed E-state index contributed by atoms with van der Waals surface area (Å²) in [5.41, 5.74) is 0. The van der Waals surface area contributed by atoms with Crippen molar-refractivity contribution in [2.75, 3.05) is 33.4 Å². The van der Waals surface area contributed by atoms with Crippen LogP contribution in [0.3, 0.4) is 0 Å². The maximum absolute atomic E-state index is 12.7. The second-order valence-corrected chi connectivity index (χ2v) is 5.77. The third kappa shape index (κ3) is 4.33. The number of likely N-dealkylation sites (tertiary alicyclic amines) is 1. The second kappa shape index (κ2) is 8.22. The van der Waals surface area contributed by atoms with E-state index in [0.717, 1.165) is 12.8 Å². The van der Waals surface area contributed by atoms with Crippen LogP contribution in [0.5, 0.6) is 0 Å². The van der Waals surface area contributed by atoms with Gasteiger partial charge in [0.05, 0.1) is 12.5 Å². The Morgan fingerprint density at radius 3 is 2.38 bits per heavy atom. The van der Waals surface area contributed by atoms with Gasteiger partial charge in [-0.3, -0.25) is 4.79 Å². The molecule has 0 spiro atoms. The molecule has 0 aromatic heterocycles. The van der Waals surface area contributed by atoms with E-state index in [9.17, 15) is 14.7 Å². The number of amides is 2. The number of methoxy groups -OCH3 is 1. The van der Waals surface area contributed by atoms with Crippen molar-refractivity contribution in [2.45, 2.75) is 39.7 Å². The van der Waals surface area contributed by atoms with Crippen molar-refractivity contribution in [3.8, 4) is 0 Å². The Kier molecular flexibility index (Phi) is 6.95. The van der Waals surface area contributed by atoms with Gasteiger partial charge in [0.1, 0.15) is 0 Å². The van der Waals surface area contributed by atoms with E-state index in [4.69, 9.17) is 4.74 Å². The average Bonchev–Trinajstić information content (AvgIpc) is 2.85. The molecule has 0 saturated carbocycles. The summed E-state index contributed by atoms with van der Waals surface area (Å²) in [5.74, 6) is -1.28. The fourth-order valence-electron chi connectivity index (χ4n) is 2.98. The maximum atomic E-state index is 12.7. The first-order chi connectivity index (χ1) is 9.96. The zero-order valence-corrected chi connectivity index (χ0v) is 13.5. The van der Waals surface area contributed by atoms with Gasteiger partial charge in [-0.05, 0) is 18.8 Å². The quantitative estimate of drug-likeness (QED) is 0.779. The molecule has 1 rings (SSSR count). The highest BCUT2D eigenvalue weighted by Crippen LogP contribution is 2.25. The molecule has 21 heavy (non-hydrogen) atoms. The van der Waals surface area contributed by atoms with Crippen LogP contribution in [-0.4, -0.2) is 66.3 Å². The first-order valence-corrected chi connectivity index (χ1v) is 7.73. The van der Waals surface area contributed by atoms with Crippen LogP contribution < -0.4 is 0 Å². The first kappa shape index (κ1) is 17.8. The highest BCUT2D eigenvalue weighted by Gasteiger charge is 2.39. The molecule has 2 unspecified atom stereocenters. The molecule has 1 aliphatic heterocycles. The molecule has 0 bridgehead atoms. The second-order valence-electron chi connectivity index (χ2n) is 5.77. The zero-order chi connectivity index (χ0) is 16.0. The van der Waals surface area contributed by atoms with E-state index in [2.05, 4.69) is 13.8 Å². The van der Waals surface area contributed by atoms with Crippen molar-refractivity contribution in [1.82, 2.24) is 9.80 Å². The molecule has 1 N–H and O–H groups in total. The minimum absolute atomic E-state index is 0.00238. The highest BCUT2D eigenvalue weighted by atomic mass is 16.5. The number of nitrogens with zero attached hydrogens (tertiary/aromatic N) is 2. The van der Waals surface area contributed by atoms with Gasteiger partial charge in [-0.25, -0.2) is 4.79 Å². The van der Waals surface area contributed by atoms with Crippen molar-refractivity contribution in [2.24, 2.45) is 11.8 Å². The molecular weight excluding hydrogens is 272 g/mol. The lowest BCUT2D eigenvalue weighted by Gasteiger charge is -2.34. The number of hydrogen-bond acceptors (Lipinski definition) is 3. The van der Waals surface area contributed by atoms with Crippen LogP contribution in [-0.2, 0) is 9.53 Å². The Balaban J connectivity index is 2.78. The molecule has 1 aliphatic rings. The predicted octanol–water partition coefficient (Wildman–Crippen LogP) is 1.90. The van der Waals surface area contributed by atoms with E-state index < -0.39 is 11.9 Å². The summed E-state index contributed by atoms with van der Waals surface area (Å²) < 4.78 is 5.10. The number of carboxylic acid groups (broad SMARTS) is 1. The van der Waals surface area contributed by atoms with Crippen LogP contribution in [0.4, 0.5) is 4.79 Å². The van der Waals surface area contributed by atoms with E-state index in [0.29, 0.717) is 26.2 Å². The molecule has 1 saturated heterocycles. The van der Waals surface area contributed by atoms with E-state index >= 15 is 0 Å². The number of aliphatic carboxylic acids is 1. The summed E-state index contributed by atoms with van der Waals surface area (Å²) in [4.78, 5) is 27.4. The molecule has 1 heterocycles. The van der Waals surface area contributed by atoms with Gasteiger partial charge < -0.3 is 19.6 Å². The van der Waals surface area contributed by atoms with Gasteiger partial charge in [-0.15, -0.1) is 0 Å². The summed E-state index contributed by atoms with van der Waals surface area (Å²) in [5, 5.41) is 9.19. The van der Waals surface area contributed by atoms with Crippen molar-refractivity contribution < 1.29 is 19.4 Å². The molecule has 0 radical (unpaired) electrons. The Hall–Kier alpha value is -1.30. The van der Waals surface area contributed by atoms with Crippen molar-refractivity contribution >= 4 is 12.0 Å².